The fourth-order valence-corrected chi connectivity index (χ4v) is 2.01. The number of hydrogen-bond acceptors (Lipinski definition) is 5. The third-order valence-electron chi connectivity index (χ3n) is 3.35. The first-order chi connectivity index (χ1) is 12.2. The van der Waals surface area contributed by atoms with Gasteiger partial charge in [0.1, 0.15) is 17.5 Å². The number of rotatable bonds is 6. The van der Waals surface area contributed by atoms with Crippen LogP contribution in [0.25, 0.3) is 0 Å². The fourth-order valence-electron chi connectivity index (χ4n) is 2.01. The van der Waals surface area contributed by atoms with Crippen LogP contribution < -0.4 is 20.2 Å². The summed E-state index contributed by atoms with van der Waals surface area (Å²) in [6.45, 7) is 0. The van der Waals surface area contributed by atoms with Gasteiger partial charge in [-0.25, -0.2) is 10.2 Å². The smallest absolute Gasteiger partial charge is 0.336 e. The molecule has 0 aliphatic rings. The van der Waals surface area contributed by atoms with Crippen molar-refractivity contribution in [3.8, 4) is 17.6 Å². The minimum absolute atomic E-state index is 0.577. The monoisotopic (exact) mass is 338 g/mol. The zero-order valence-corrected chi connectivity index (χ0v) is 13.9. The summed E-state index contributed by atoms with van der Waals surface area (Å²) >= 11 is 0. The highest BCUT2D eigenvalue weighted by Gasteiger charge is 2.13. The molecule has 2 rings (SSSR count). The van der Waals surface area contributed by atoms with Crippen LogP contribution in [0.3, 0.4) is 0 Å². The number of nitrogens with zero attached hydrogens (tertiary/aromatic N) is 2. The van der Waals surface area contributed by atoms with E-state index in [1.54, 1.807) is 62.8 Å². The predicted octanol–water partition coefficient (Wildman–Crippen LogP) is 2.60. The molecule has 25 heavy (non-hydrogen) atoms. The molecule has 0 bridgehead atoms. The number of urea groups is 1. The predicted molar refractivity (Wildman–Crippen MR) is 93.6 cm³/mol. The van der Waals surface area contributed by atoms with E-state index >= 15 is 0 Å². The fraction of sp³-hybridized carbons (Fsp3) is 0.167. The number of ether oxygens (including phenoxy) is 2. The highest BCUT2D eigenvalue weighted by Crippen LogP contribution is 2.17. The molecule has 128 valence electrons. The van der Waals surface area contributed by atoms with Crippen LogP contribution in [0.1, 0.15) is 17.2 Å². The number of methoxy groups -OCH3 is 2. The van der Waals surface area contributed by atoms with Crippen LogP contribution in [-0.2, 0) is 0 Å². The first-order valence-electron chi connectivity index (χ1n) is 7.43. The first-order valence-corrected chi connectivity index (χ1v) is 7.43. The van der Waals surface area contributed by atoms with Crippen molar-refractivity contribution in [3.63, 3.8) is 0 Å². The van der Waals surface area contributed by atoms with Gasteiger partial charge < -0.3 is 14.8 Å². The topological polar surface area (TPSA) is 95.7 Å². The largest absolute Gasteiger partial charge is 0.497 e. The van der Waals surface area contributed by atoms with Crippen molar-refractivity contribution in [2.24, 2.45) is 5.10 Å². The molecule has 0 fully saturated rings. The molecule has 2 N–H and O–H groups in total. The highest BCUT2D eigenvalue weighted by molar-refractivity contribution is 5.82. The van der Waals surface area contributed by atoms with Crippen LogP contribution in [0, 0.1) is 11.3 Å². The van der Waals surface area contributed by atoms with Crippen LogP contribution in [0.2, 0.25) is 0 Å². The molecule has 2 aromatic rings. The SMILES string of the molecule is COc1ccc(C=NNC(=O)NC(C#N)c2ccc(OC)cc2)cc1. The van der Waals surface area contributed by atoms with E-state index in [1.807, 2.05) is 6.07 Å². The van der Waals surface area contributed by atoms with Crippen LogP contribution in [0.15, 0.2) is 53.6 Å². The summed E-state index contributed by atoms with van der Waals surface area (Å²) in [7, 11) is 3.15. The highest BCUT2D eigenvalue weighted by atomic mass is 16.5. The maximum absolute atomic E-state index is 11.9. The van der Waals surface area contributed by atoms with Gasteiger partial charge in [0.15, 0.2) is 0 Å². The van der Waals surface area contributed by atoms with Crippen molar-refractivity contribution < 1.29 is 14.3 Å². The van der Waals surface area contributed by atoms with E-state index in [9.17, 15) is 10.1 Å². The van der Waals surface area contributed by atoms with E-state index in [-0.39, 0.29) is 0 Å². The van der Waals surface area contributed by atoms with Gasteiger partial charge in [0.05, 0.1) is 26.5 Å². The summed E-state index contributed by atoms with van der Waals surface area (Å²) in [5, 5.41) is 15.6. The van der Waals surface area contributed by atoms with Crippen molar-refractivity contribution in [1.29, 1.82) is 5.26 Å². The number of carbonyl (C=O) groups excluding carboxylic acids is 1. The number of hydrogen-bond donors (Lipinski definition) is 2. The zero-order valence-electron chi connectivity index (χ0n) is 13.9. The number of nitrogens with one attached hydrogen (secondary N) is 2. The summed E-state index contributed by atoms with van der Waals surface area (Å²) in [4.78, 5) is 11.9. The van der Waals surface area contributed by atoms with Gasteiger partial charge in [-0.15, -0.1) is 0 Å². The molecule has 2 amide bonds. The van der Waals surface area contributed by atoms with Gasteiger partial charge in [0.25, 0.3) is 0 Å². The van der Waals surface area contributed by atoms with E-state index in [4.69, 9.17) is 9.47 Å². The lowest BCUT2D eigenvalue weighted by Crippen LogP contribution is -2.34. The summed E-state index contributed by atoms with van der Waals surface area (Å²) in [6.07, 6.45) is 1.49. The lowest BCUT2D eigenvalue weighted by atomic mass is 10.1. The second-order valence-electron chi connectivity index (χ2n) is 4.95. The molecule has 0 heterocycles. The maximum atomic E-state index is 11.9. The Bertz CT molecular complexity index is 764. The van der Waals surface area contributed by atoms with Crippen molar-refractivity contribution >= 4 is 12.2 Å². The lowest BCUT2D eigenvalue weighted by Gasteiger charge is -2.11. The van der Waals surface area contributed by atoms with Crippen LogP contribution in [-0.4, -0.2) is 26.5 Å². The molecule has 1 atom stereocenters. The summed E-state index contributed by atoms with van der Waals surface area (Å²) in [5.41, 5.74) is 3.78. The number of carbonyl (C=O) groups is 1. The van der Waals surface area contributed by atoms with E-state index in [0.717, 1.165) is 11.3 Å². The van der Waals surface area contributed by atoms with Crippen LogP contribution in [0.4, 0.5) is 4.79 Å². The third-order valence-corrected chi connectivity index (χ3v) is 3.35. The Kier molecular flexibility index (Phi) is 6.37. The molecule has 0 radical (unpaired) electrons. The Hall–Kier alpha value is -3.53. The van der Waals surface area contributed by atoms with E-state index < -0.39 is 12.1 Å². The first kappa shape index (κ1) is 17.8. The summed E-state index contributed by atoms with van der Waals surface area (Å²) in [6, 6.07) is 14.7. The second-order valence-corrected chi connectivity index (χ2v) is 4.95. The summed E-state index contributed by atoms with van der Waals surface area (Å²) < 4.78 is 10.1. The summed E-state index contributed by atoms with van der Waals surface area (Å²) in [5.74, 6) is 1.41. The third kappa shape index (κ3) is 5.25. The standard InChI is InChI=1S/C18H18N4O3/c1-24-15-7-3-13(4-8-15)12-20-22-18(23)21-17(11-19)14-5-9-16(25-2)10-6-14/h3-10,12,17H,1-2H3,(H2,21,22,23). The lowest BCUT2D eigenvalue weighted by molar-refractivity contribution is 0.239. The molecule has 2 aromatic carbocycles. The minimum Gasteiger partial charge on any atom is -0.497 e. The van der Waals surface area contributed by atoms with Crippen molar-refractivity contribution in [3.05, 3.63) is 59.7 Å². The van der Waals surface area contributed by atoms with Gasteiger partial charge in [-0.1, -0.05) is 12.1 Å². The molecule has 0 saturated heterocycles. The van der Waals surface area contributed by atoms with Gasteiger partial charge in [-0.2, -0.15) is 10.4 Å². The number of hydrazone groups is 1. The zero-order chi connectivity index (χ0) is 18.1. The Morgan fingerprint density at radius 2 is 1.64 bits per heavy atom. The molecule has 0 aromatic heterocycles. The van der Waals surface area contributed by atoms with Crippen molar-refractivity contribution in [2.75, 3.05) is 14.2 Å². The van der Waals surface area contributed by atoms with Gasteiger partial charge in [-0.3, -0.25) is 0 Å². The number of benzene rings is 2. The molecule has 0 spiro atoms. The molecule has 1 unspecified atom stereocenters. The van der Waals surface area contributed by atoms with Crippen LogP contribution in [0.5, 0.6) is 11.5 Å². The maximum Gasteiger partial charge on any atom is 0.336 e. The van der Waals surface area contributed by atoms with E-state index in [0.29, 0.717) is 11.3 Å². The van der Waals surface area contributed by atoms with E-state index in [1.165, 1.54) is 6.21 Å². The average Bonchev–Trinajstić information content (AvgIpc) is 2.66. The molecule has 0 aliphatic carbocycles. The average molecular weight is 338 g/mol. The Morgan fingerprint density at radius 1 is 1.08 bits per heavy atom. The minimum atomic E-state index is -0.790. The van der Waals surface area contributed by atoms with Gasteiger partial charge in [-0.05, 0) is 47.5 Å². The van der Waals surface area contributed by atoms with Crippen LogP contribution >= 0.6 is 0 Å². The molecule has 0 saturated carbocycles. The second kappa shape index (κ2) is 8.93. The van der Waals surface area contributed by atoms with E-state index in [2.05, 4.69) is 15.8 Å². The van der Waals surface area contributed by atoms with Gasteiger partial charge >= 0.3 is 6.03 Å². The molecular weight excluding hydrogens is 320 g/mol. The Morgan fingerprint density at radius 3 is 2.16 bits per heavy atom. The Labute approximate surface area is 145 Å². The molecule has 0 aliphatic heterocycles. The Balaban J connectivity index is 1.90. The quantitative estimate of drug-likeness (QED) is 0.625. The van der Waals surface area contributed by atoms with Gasteiger partial charge in [0, 0.05) is 0 Å². The number of nitriles is 1. The van der Waals surface area contributed by atoms with Gasteiger partial charge in [0.2, 0.25) is 0 Å². The normalized spacial score (nSPS) is 11.4. The number of amides is 2. The molecule has 7 heteroatoms. The molecule has 7 nitrogen and oxygen atoms in total. The van der Waals surface area contributed by atoms with Crippen molar-refractivity contribution in [2.45, 2.75) is 6.04 Å². The van der Waals surface area contributed by atoms with Crippen molar-refractivity contribution in [1.82, 2.24) is 10.7 Å². The molecular formula is C18H18N4O3.